The molecule has 0 unspecified atom stereocenters. The first-order valence-electron chi connectivity index (χ1n) is 33.8. The van der Waals surface area contributed by atoms with Gasteiger partial charge >= 0.3 is 0 Å². The molecule has 9 N–H and O–H groups in total. The quantitative estimate of drug-likeness (QED) is 0.0288. The fourth-order valence-electron chi connectivity index (χ4n) is 12.0. The van der Waals surface area contributed by atoms with Crippen LogP contribution in [-0.4, -0.2) is 195 Å². The molecule has 2 aromatic carbocycles. The van der Waals surface area contributed by atoms with Crippen LogP contribution >= 0.6 is 0 Å². The molecule has 10 atom stereocenters. The first kappa shape index (κ1) is 81.3. The molecular formula is C70H116N8O12S2. The highest BCUT2D eigenvalue weighted by Crippen LogP contribution is 2.31. The van der Waals surface area contributed by atoms with Gasteiger partial charge in [-0.1, -0.05) is 166 Å². The molecule has 520 valence electrons. The number of likely N-dealkylation sites (N-methyl/N-ethyl adjacent to an activating group) is 3. The van der Waals surface area contributed by atoms with E-state index in [2.05, 4.69) is 38.4 Å². The fraction of sp³-hybridized carbons (Fsp3) is 0.714. The summed E-state index contributed by atoms with van der Waals surface area (Å²) in [5.74, 6) is 0.650. The number of carbonyl (C=O) groups excluding carboxylic acids is 4. The van der Waals surface area contributed by atoms with Gasteiger partial charge in [0.1, 0.15) is 24.3 Å². The normalized spacial score (nSPS) is 17.6. The minimum Gasteiger partial charge on any atom is -0.390 e. The van der Waals surface area contributed by atoms with Gasteiger partial charge in [0.25, 0.3) is 0 Å². The molecule has 2 aliphatic carbocycles. The van der Waals surface area contributed by atoms with Gasteiger partial charge in [0.2, 0.25) is 43.7 Å². The molecule has 4 amide bonds. The number of terminal acetylenes is 2. The van der Waals surface area contributed by atoms with Crippen LogP contribution < -0.4 is 26.6 Å². The highest BCUT2D eigenvalue weighted by molar-refractivity contribution is 7.89. The summed E-state index contributed by atoms with van der Waals surface area (Å²) in [6.07, 6.45) is 20.2. The Morgan fingerprint density at radius 2 is 0.924 bits per heavy atom. The molecule has 92 heavy (non-hydrogen) atoms. The van der Waals surface area contributed by atoms with Crippen LogP contribution in [0, 0.1) is 60.2 Å². The summed E-state index contributed by atoms with van der Waals surface area (Å²) < 4.78 is 56.0. The number of benzene rings is 2. The molecule has 20 nitrogen and oxygen atoms in total. The van der Waals surface area contributed by atoms with Gasteiger partial charge in [-0.3, -0.25) is 19.2 Å². The van der Waals surface area contributed by atoms with E-state index >= 15 is 0 Å². The van der Waals surface area contributed by atoms with Crippen molar-refractivity contribution in [2.24, 2.45) is 35.5 Å². The van der Waals surface area contributed by atoms with E-state index in [1.165, 1.54) is 22.7 Å². The van der Waals surface area contributed by atoms with Gasteiger partial charge < -0.3 is 51.9 Å². The van der Waals surface area contributed by atoms with Gasteiger partial charge in [0, 0.05) is 53.1 Å². The number of nitrogens with one attached hydrogen (secondary N) is 5. The van der Waals surface area contributed by atoms with Crippen molar-refractivity contribution in [3.05, 3.63) is 71.8 Å². The number of aliphatic hydroxyl groups is 4. The SMILES string of the molecule is C#CC[C@H](NC(=O)[C@H](Cc1ccccc1)CS(=O)(=O)N(C)CCN(C)CC)C(=O)N[C@@H](CC1CCCCC1)[C@@H](O)[C@@H](O)CC(C)C.C#CC[C@H](NC(=O)[C@H](Cc1ccccc1)CS(=O)(=O)N(C)CCNCCC)C(=O)N[C@@H](CC1CCCCC1)[C@@H](O)[C@@H](O)CC(C)C. The third-order valence-electron chi connectivity index (χ3n) is 17.8. The summed E-state index contributed by atoms with van der Waals surface area (Å²) in [7, 11) is -2.71. The number of aliphatic hydroxyl groups excluding tert-OH is 4. The van der Waals surface area contributed by atoms with E-state index in [1.54, 1.807) is 0 Å². The maximum Gasteiger partial charge on any atom is 0.243 e. The Balaban J connectivity index is 0.000000480. The number of nitrogens with zero attached hydrogens (tertiary/aromatic N) is 3. The number of hydrogen-bond donors (Lipinski definition) is 9. The summed E-state index contributed by atoms with van der Waals surface area (Å²) in [5, 5.41) is 58.3. The van der Waals surface area contributed by atoms with Crippen LogP contribution in [0.15, 0.2) is 60.7 Å². The molecule has 0 spiro atoms. The molecule has 0 bridgehead atoms. The average Bonchev–Trinajstić information content (AvgIpc) is 1.04. The van der Waals surface area contributed by atoms with E-state index in [4.69, 9.17) is 12.8 Å². The van der Waals surface area contributed by atoms with E-state index in [0.29, 0.717) is 50.6 Å². The Labute approximate surface area is 553 Å². The zero-order valence-electron chi connectivity index (χ0n) is 56.8. The van der Waals surface area contributed by atoms with Crippen molar-refractivity contribution >= 4 is 43.7 Å². The first-order valence-corrected chi connectivity index (χ1v) is 37.0. The summed E-state index contributed by atoms with van der Waals surface area (Å²) in [6, 6.07) is 14.6. The molecule has 0 heterocycles. The number of rotatable bonds is 41. The number of carbonyl (C=O) groups is 4. The van der Waals surface area contributed by atoms with Crippen LogP contribution in [0.3, 0.4) is 0 Å². The van der Waals surface area contributed by atoms with Crippen molar-refractivity contribution in [1.82, 2.24) is 40.1 Å². The lowest BCUT2D eigenvalue weighted by Gasteiger charge is -2.33. The Morgan fingerprint density at radius 3 is 1.27 bits per heavy atom. The van der Waals surface area contributed by atoms with Crippen LogP contribution in [0.4, 0.5) is 0 Å². The highest BCUT2D eigenvalue weighted by Gasteiger charge is 2.38. The maximum absolute atomic E-state index is 13.8. The van der Waals surface area contributed by atoms with Crippen molar-refractivity contribution in [2.45, 2.75) is 212 Å². The van der Waals surface area contributed by atoms with Gasteiger partial charge in [-0.2, -0.15) is 0 Å². The van der Waals surface area contributed by atoms with Crippen LogP contribution in [0.1, 0.15) is 162 Å². The average molecular weight is 1330 g/mol. The van der Waals surface area contributed by atoms with Crippen molar-refractivity contribution in [1.29, 1.82) is 0 Å². The second-order valence-corrected chi connectivity index (χ2v) is 30.9. The number of hydrogen-bond acceptors (Lipinski definition) is 14. The Kier molecular flexibility index (Phi) is 38.1. The standard InChI is InChI=1S/2C35H58N4O6S/c1-7-15-30(35(43)37-31(24-28-18-13-10-14-19-28)33(41)32(40)22-26(3)4)36-34(42)29(23-27-16-11-9-12-17-27)25-46(44,45)39(6)21-20-38(5)8-2;1-6-14-30(35(43)38-31(24-28-17-12-9-13-18-28)33(41)32(40)22-26(3)4)37-34(42)29(23-27-15-10-8-11-16-27)25-46(44,45)39(5)21-20-36-19-7-2/h1,9,11-12,16-17,26,28-33,40-41H,8,10,13-15,18-25H2,2-6H3,(H,36,42)(H,37,43);1,8,10-11,15-16,26,28-33,36,40-41H,7,9,12-14,17-25H2,2-5H3,(H,37,42)(H,38,43)/t2*29-,30+,31+,32+,33-/m11/s1. The zero-order valence-corrected chi connectivity index (χ0v) is 58.4. The van der Waals surface area contributed by atoms with E-state index in [0.717, 1.165) is 94.8 Å². The Morgan fingerprint density at radius 1 is 0.543 bits per heavy atom. The monoisotopic (exact) mass is 1320 g/mol. The van der Waals surface area contributed by atoms with Crippen molar-refractivity contribution < 1.29 is 56.4 Å². The smallest absolute Gasteiger partial charge is 0.243 e. The van der Waals surface area contributed by atoms with E-state index in [9.17, 15) is 56.4 Å². The summed E-state index contributed by atoms with van der Waals surface area (Å²) in [5.41, 5.74) is 1.58. The zero-order chi connectivity index (χ0) is 68.4. The van der Waals surface area contributed by atoms with Crippen molar-refractivity contribution in [3.8, 4) is 24.7 Å². The Hall–Kier alpha value is -4.98. The maximum atomic E-state index is 13.8. The molecule has 0 radical (unpaired) electrons. The predicted molar refractivity (Wildman–Crippen MR) is 366 cm³/mol. The van der Waals surface area contributed by atoms with E-state index < -0.39 is 116 Å². The topological polar surface area (TPSA) is 287 Å². The first-order chi connectivity index (χ1) is 43.6. The van der Waals surface area contributed by atoms with Crippen LogP contribution in [0.5, 0.6) is 0 Å². The summed E-state index contributed by atoms with van der Waals surface area (Å²) in [4.78, 5) is 56.9. The third kappa shape index (κ3) is 30.6. The van der Waals surface area contributed by atoms with E-state index in [1.807, 2.05) is 114 Å². The fourth-order valence-corrected chi connectivity index (χ4v) is 14.8. The third-order valence-corrected chi connectivity index (χ3v) is 21.7. The molecule has 22 heteroatoms. The molecule has 0 aromatic heterocycles. The molecule has 2 aliphatic rings. The lowest BCUT2D eigenvalue weighted by atomic mass is 9.82. The second-order valence-electron chi connectivity index (χ2n) is 26.6. The minimum absolute atomic E-state index is 0.119. The van der Waals surface area contributed by atoms with Crippen LogP contribution in [0.2, 0.25) is 0 Å². The molecule has 4 rings (SSSR count). The molecule has 2 aromatic rings. The van der Waals surface area contributed by atoms with Crippen LogP contribution in [0.25, 0.3) is 0 Å². The second kappa shape index (κ2) is 43.2. The predicted octanol–water partition coefficient (Wildman–Crippen LogP) is 5.63. The number of sulfonamides is 2. The van der Waals surface area contributed by atoms with Gasteiger partial charge in [-0.25, -0.2) is 25.4 Å². The molecular weight excluding hydrogens is 1210 g/mol. The molecule has 2 fully saturated rings. The lowest BCUT2D eigenvalue weighted by molar-refractivity contribution is -0.132. The van der Waals surface area contributed by atoms with Gasteiger partial charge in [-0.05, 0) is 99.9 Å². The summed E-state index contributed by atoms with van der Waals surface area (Å²) >= 11 is 0. The summed E-state index contributed by atoms with van der Waals surface area (Å²) in [6.45, 7) is 15.0. The number of amides is 4. The molecule has 2 saturated carbocycles. The van der Waals surface area contributed by atoms with Crippen molar-refractivity contribution in [2.75, 3.05) is 71.9 Å². The molecule has 0 saturated heterocycles. The van der Waals surface area contributed by atoms with Crippen molar-refractivity contribution in [3.63, 3.8) is 0 Å². The molecule has 0 aliphatic heterocycles. The van der Waals surface area contributed by atoms with Gasteiger partial charge in [-0.15, -0.1) is 24.7 Å². The van der Waals surface area contributed by atoms with Gasteiger partial charge in [0.15, 0.2) is 0 Å². The Bertz CT molecular complexity index is 2760. The van der Waals surface area contributed by atoms with E-state index in [-0.39, 0.29) is 50.6 Å². The highest BCUT2D eigenvalue weighted by atomic mass is 32.2. The van der Waals surface area contributed by atoms with Crippen LogP contribution in [-0.2, 0) is 52.1 Å². The van der Waals surface area contributed by atoms with Gasteiger partial charge in [0.05, 0.1) is 47.6 Å². The lowest BCUT2D eigenvalue weighted by Crippen LogP contribution is -2.56. The largest absolute Gasteiger partial charge is 0.390 e. The minimum atomic E-state index is -3.82.